The van der Waals surface area contributed by atoms with Gasteiger partial charge in [0.1, 0.15) is 0 Å². The maximum Gasteiger partial charge on any atom is 0.0446 e. The normalized spacial score (nSPS) is 10.8. The molecule has 0 aliphatic carbocycles. The van der Waals surface area contributed by atoms with Crippen molar-refractivity contribution >= 4 is 18.2 Å². The SMILES string of the molecule is N/C=C/c1ccccc1CCSF. The predicted octanol–water partition coefficient (Wildman–Crippen LogP) is 2.78. The smallest absolute Gasteiger partial charge is 0.0446 e. The summed E-state index contributed by atoms with van der Waals surface area (Å²) in [4.78, 5) is 0. The number of nitrogens with two attached hydrogens (primary N) is 1. The first kappa shape index (κ1) is 10.1. The highest BCUT2D eigenvalue weighted by molar-refractivity contribution is 7.94. The fourth-order valence-electron chi connectivity index (χ4n) is 1.18. The van der Waals surface area contributed by atoms with E-state index in [-0.39, 0.29) is 0 Å². The molecule has 0 saturated carbocycles. The highest BCUT2D eigenvalue weighted by Crippen LogP contribution is 2.13. The molecule has 0 aliphatic heterocycles. The summed E-state index contributed by atoms with van der Waals surface area (Å²) in [5.74, 6) is 0.495. The summed E-state index contributed by atoms with van der Waals surface area (Å²) in [6.45, 7) is 0. The first-order chi connectivity index (χ1) is 6.38. The minimum atomic E-state index is 0.368. The van der Waals surface area contributed by atoms with E-state index in [0.717, 1.165) is 17.5 Å². The molecule has 1 nitrogen and oxygen atoms in total. The van der Waals surface area contributed by atoms with Crippen molar-refractivity contribution in [2.45, 2.75) is 6.42 Å². The molecule has 70 valence electrons. The van der Waals surface area contributed by atoms with Crippen LogP contribution in [0.3, 0.4) is 0 Å². The molecule has 0 bridgehead atoms. The number of benzene rings is 1. The van der Waals surface area contributed by atoms with Gasteiger partial charge in [0.15, 0.2) is 0 Å². The fraction of sp³-hybridized carbons (Fsp3) is 0.200. The third-order valence-electron chi connectivity index (χ3n) is 1.78. The lowest BCUT2D eigenvalue weighted by atomic mass is 10.1. The fourth-order valence-corrected chi connectivity index (χ4v) is 1.47. The van der Waals surface area contributed by atoms with Crippen molar-refractivity contribution in [2.75, 3.05) is 5.75 Å². The van der Waals surface area contributed by atoms with Gasteiger partial charge in [-0.25, -0.2) is 0 Å². The van der Waals surface area contributed by atoms with Gasteiger partial charge in [-0.1, -0.05) is 24.3 Å². The number of hydrogen-bond donors (Lipinski definition) is 1. The van der Waals surface area contributed by atoms with Gasteiger partial charge in [-0.05, 0) is 29.8 Å². The zero-order chi connectivity index (χ0) is 9.52. The molecule has 3 heteroatoms. The molecule has 1 aromatic carbocycles. The van der Waals surface area contributed by atoms with Crippen LogP contribution in [0.4, 0.5) is 3.89 Å². The lowest BCUT2D eigenvalue weighted by Gasteiger charge is -2.02. The molecule has 0 spiro atoms. The van der Waals surface area contributed by atoms with Crippen molar-refractivity contribution in [1.29, 1.82) is 0 Å². The highest BCUT2D eigenvalue weighted by Gasteiger charge is 1.97. The van der Waals surface area contributed by atoms with Crippen LogP contribution in [-0.4, -0.2) is 5.75 Å². The molecule has 0 atom stereocenters. The standard InChI is InChI=1S/C10H12FNS/c11-13-8-6-10-4-2-1-3-9(10)5-7-12/h1-5,7H,6,8,12H2/b7-5+. The van der Waals surface area contributed by atoms with E-state index < -0.39 is 0 Å². The minimum Gasteiger partial charge on any atom is -0.405 e. The van der Waals surface area contributed by atoms with Crippen molar-refractivity contribution in [3.05, 3.63) is 41.6 Å². The zero-order valence-corrected chi connectivity index (χ0v) is 8.06. The Hall–Kier alpha value is -0.960. The Kier molecular flexibility index (Phi) is 4.40. The summed E-state index contributed by atoms with van der Waals surface area (Å²) in [6, 6.07) is 7.86. The van der Waals surface area contributed by atoms with E-state index in [9.17, 15) is 3.89 Å². The maximum absolute atomic E-state index is 11.9. The Morgan fingerprint density at radius 1 is 1.38 bits per heavy atom. The molecule has 0 fully saturated rings. The number of rotatable bonds is 4. The van der Waals surface area contributed by atoms with Crippen LogP contribution in [0.1, 0.15) is 11.1 Å². The number of hydrogen-bond acceptors (Lipinski definition) is 2. The molecule has 0 saturated heterocycles. The lowest BCUT2D eigenvalue weighted by Crippen LogP contribution is -1.91. The Bertz CT molecular complexity index is 286. The van der Waals surface area contributed by atoms with Gasteiger partial charge in [0.2, 0.25) is 0 Å². The van der Waals surface area contributed by atoms with Crippen LogP contribution in [0.5, 0.6) is 0 Å². The summed E-state index contributed by atoms with van der Waals surface area (Å²) in [7, 11) is 0. The average molecular weight is 197 g/mol. The van der Waals surface area contributed by atoms with Gasteiger partial charge in [0.05, 0.1) is 0 Å². The van der Waals surface area contributed by atoms with Crippen LogP contribution < -0.4 is 5.73 Å². The molecule has 2 N–H and O–H groups in total. The summed E-state index contributed by atoms with van der Waals surface area (Å²) in [5, 5.41) is 0. The van der Waals surface area contributed by atoms with E-state index in [2.05, 4.69) is 0 Å². The van der Waals surface area contributed by atoms with Gasteiger partial charge in [0, 0.05) is 17.9 Å². The van der Waals surface area contributed by atoms with Gasteiger partial charge < -0.3 is 5.73 Å². The van der Waals surface area contributed by atoms with Crippen molar-refractivity contribution in [3.8, 4) is 0 Å². The first-order valence-corrected chi connectivity index (χ1v) is 4.97. The van der Waals surface area contributed by atoms with E-state index in [1.54, 1.807) is 0 Å². The molecule has 0 unspecified atom stereocenters. The van der Waals surface area contributed by atoms with E-state index in [4.69, 9.17) is 5.73 Å². The number of halogens is 1. The van der Waals surface area contributed by atoms with E-state index in [0.29, 0.717) is 17.9 Å². The Balaban J connectivity index is 2.78. The minimum absolute atomic E-state index is 0.368. The van der Waals surface area contributed by atoms with Gasteiger partial charge in [-0.15, -0.1) is 0 Å². The first-order valence-electron chi connectivity index (χ1n) is 4.08. The summed E-state index contributed by atoms with van der Waals surface area (Å²) in [5.41, 5.74) is 7.50. The second-order valence-corrected chi connectivity index (χ2v) is 3.25. The van der Waals surface area contributed by atoms with Crippen molar-refractivity contribution in [3.63, 3.8) is 0 Å². The van der Waals surface area contributed by atoms with Crippen LogP contribution in [0.15, 0.2) is 30.5 Å². The molecule has 13 heavy (non-hydrogen) atoms. The molecular formula is C10H12FNS. The topological polar surface area (TPSA) is 26.0 Å². The van der Waals surface area contributed by atoms with Crippen LogP contribution in [0, 0.1) is 0 Å². The van der Waals surface area contributed by atoms with E-state index in [1.165, 1.54) is 6.20 Å². The maximum atomic E-state index is 11.9. The average Bonchev–Trinajstić information content (AvgIpc) is 2.17. The molecule has 0 amide bonds. The van der Waals surface area contributed by atoms with Crippen LogP contribution >= 0.6 is 12.1 Å². The molecule has 0 radical (unpaired) electrons. The zero-order valence-electron chi connectivity index (χ0n) is 7.24. The largest absolute Gasteiger partial charge is 0.405 e. The van der Waals surface area contributed by atoms with Gasteiger partial charge in [0.25, 0.3) is 0 Å². The van der Waals surface area contributed by atoms with Gasteiger partial charge in [-0.2, -0.15) is 3.89 Å². The summed E-state index contributed by atoms with van der Waals surface area (Å²) >= 11 is 0.368. The second kappa shape index (κ2) is 5.65. The second-order valence-electron chi connectivity index (χ2n) is 2.62. The van der Waals surface area contributed by atoms with Crippen LogP contribution in [0.25, 0.3) is 6.08 Å². The summed E-state index contributed by atoms with van der Waals surface area (Å²) < 4.78 is 11.9. The van der Waals surface area contributed by atoms with E-state index in [1.807, 2.05) is 30.3 Å². The molecule has 0 aromatic heterocycles. The Morgan fingerprint density at radius 2 is 2.15 bits per heavy atom. The Labute approximate surface area is 82.1 Å². The van der Waals surface area contributed by atoms with Crippen LogP contribution in [0.2, 0.25) is 0 Å². The molecule has 1 aromatic rings. The Morgan fingerprint density at radius 3 is 2.85 bits per heavy atom. The van der Waals surface area contributed by atoms with Crippen molar-refractivity contribution < 1.29 is 3.89 Å². The predicted molar refractivity (Wildman–Crippen MR) is 56.9 cm³/mol. The molecule has 0 heterocycles. The monoisotopic (exact) mass is 197 g/mol. The van der Waals surface area contributed by atoms with Crippen molar-refractivity contribution in [1.82, 2.24) is 0 Å². The number of aryl methyl sites for hydroxylation is 1. The van der Waals surface area contributed by atoms with Crippen LogP contribution in [-0.2, 0) is 6.42 Å². The molecule has 1 rings (SSSR count). The molecule has 0 aliphatic rings. The highest BCUT2D eigenvalue weighted by atomic mass is 32.2. The summed E-state index contributed by atoms with van der Waals surface area (Å²) in [6.07, 6.45) is 4.07. The van der Waals surface area contributed by atoms with Gasteiger partial charge >= 0.3 is 0 Å². The third-order valence-corrected chi connectivity index (χ3v) is 2.14. The quantitative estimate of drug-likeness (QED) is 0.803. The van der Waals surface area contributed by atoms with Gasteiger partial charge in [-0.3, -0.25) is 0 Å². The van der Waals surface area contributed by atoms with E-state index >= 15 is 0 Å². The lowest BCUT2D eigenvalue weighted by molar-refractivity contribution is 0.927. The molecular weight excluding hydrogens is 185 g/mol. The third kappa shape index (κ3) is 3.11. The van der Waals surface area contributed by atoms with Crippen molar-refractivity contribution in [2.24, 2.45) is 5.73 Å².